The van der Waals surface area contributed by atoms with Crippen LogP contribution in [0.2, 0.25) is 0 Å². The lowest BCUT2D eigenvalue weighted by Gasteiger charge is -2.14. The highest BCUT2D eigenvalue weighted by atomic mass is 16.3. The molecule has 0 aliphatic heterocycles. The second kappa shape index (κ2) is 5.51. The summed E-state index contributed by atoms with van der Waals surface area (Å²) in [5.74, 6) is 0.147. The Balaban J connectivity index is 2.15. The molecule has 6 nitrogen and oxygen atoms in total. The zero-order valence-electron chi connectivity index (χ0n) is 10.8. The van der Waals surface area contributed by atoms with E-state index in [2.05, 4.69) is 20.3 Å². The maximum absolute atomic E-state index is 12.0. The molecular formula is C13H16N4O2. The van der Waals surface area contributed by atoms with Gasteiger partial charge in [0.2, 0.25) is 0 Å². The number of aromatic hydroxyl groups is 1. The van der Waals surface area contributed by atoms with E-state index >= 15 is 0 Å². The Kier molecular flexibility index (Phi) is 3.79. The highest BCUT2D eigenvalue weighted by Crippen LogP contribution is 2.17. The quantitative estimate of drug-likeness (QED) is 0.780. The fourth-order valence-corrected chi connectivity index (χ4v) is 1.77. The molecule has 6 heteroatoms. The summed E-state index contributed by atoms with van der Waals surface area (Å²) in [6.45, 7) is 3.84. The molecule has 0 radical (unpaired) electrons. The number of pyridine rings is 1. The molecule has 2 aromatic heterocycles. The number of aromatic nitrogens is 3. The molecule has 2 aromatic rings. The Bertz CT molecular complexity index is 580. The summed E-state index contributed by atoms with van der Waals surface area (Å²) in [5.41, 5.74) is 0.951. The monoisotopic (exact) mass is 260 g/mol. The highest BCUT2D eigenvalue weighted by Gasteiger charge is 2.19. The fraction of sp³-hybridized carbons (Fsp3) is 0.308. The van der Waals surface area contributed by atoms with Crippen molar-refractivity contribution in [2.75, 3.05) is 0 Å². The van der Waals surface area contributed by atoms with Gasteiger partial charge in [-0.05, 0) is 25.5 Å². The molecule has 0 aliphatic rings. The second-order valence-corrected chi connectivity index (χ2v) is 4.26. The van der Waals surface area contributed by atoms with Gasteiger partial charge in [0.15, 0.2) is 5.69 Å². The van der Waals surface area contributed by atoms with Crippen molar-refractivity contribution in [1.82, 2.24) is 20.3 Å². The van der Waals surface area contributed by atoms with Crippen LogP contribution in [0.5, 0.6) is 5.75 Å². The molecule has 19 heavy (non-hydrogen) atoms. The summed E-state index contributed by atoms with van der Waals surface area (Å²) >= 11 is 0. The molecule has 0 aliphatic carbocycles. The molecule has 2 rings (SSSR count). The summed E-state index contributed by atoms with van der Waals surface area (Å²) in [7, 11) is 0. The minimum absolute atomic E-state index is 0.0178. The zero-order valence-corrected chi connectivity index (χ0v) is 10.8. The van der Waals surface area contributed by atoms with Crippen LogP contribution in [0.25, 0.3) is 0 Å². The zero-order chi connectivity index (χ0) is 13.8. The minimum Gasteiger partial charge on any atom is -0.505 e. The number of carbonyl (C=O) groups excluding carboxylic acids is 1. The third kappa shape index (κ3) is 2.90. The van der Waals surface area contributed by atoms with Gasteiger partial charge in [0, 0.05) is 18.1 Å². The van der Waals surface area contributed by atoms with Crippen LogP contribution in [0.1, 0.15) is 41.4 Å². The van der Waals surface area contributed by atoms with Gasteiger partial charge in [-0.15, -0.1) is 0 Å². The fourth-order valence-electron chi connectivity index (χ4n) is 1.77. The maximum atomic E-state index is 12.0. The Morgan fingerprint density at radius 1 is 1.53 bits per heavy atom. The van der Waals surface area contributed by atoms with Crippen LogP contribution in [-0.2, 0) is 0 Å². The number of carbonyl (C=O) groups is 1. The number of hydrogen-bond donors (Lipinski definition) is 3. The van der Waals surface area contributed by atoms with Gasteiger partial charge >= 0.3 is 0 Å². The summed E-state index contributed by atoms with van der Waals surface area (Å²) in [5, 5.41) is 12.4. The molecule has 0 aromatic carbocycles. The van der Waals surface area contributed by atoms with Crippen molar-refractivity contribution in [2.24, 2.45) is 0 Å². The van der Waals surface area contributed by atoms with E-state index in [0.717, 1.165) is 5.69 Å². The standard InChI is InChI=1S/C13H16N4O2/c1-3-9(12-15-7-8(2)16-12)17-13(19)11-10(18)5-4-6-14-11/h4-7,9,18H,3H2,1-2H3,(H,15,16)(H,17,19)/t9-/m0/s1. The molecule has 0 unspecified atom stereocenters. The number of rotatable bonds is 4. The molecular weight excluding hydrogens is 244 g/mol. The van der Waals surface area contributed by atoms with Crippen molar-refractivity contribution in [3.8, 4) is 5.75 Å². The van der Waals surface area contributed by atoms with Gasteiger partial charge in [-0.1, -0.05) is 6.92 Å². The number of nitrogens with one attached hydrogen (secondary N) is 2. The van der Waals surface area contributed by atoms with Gasteiger partial charge in [-0.2, -0.15) is 0 Å². The smallest absolute Gasteiger partial charge is 0.274 e. The van der Waals surface area contributed by atoms with Crippen LogP contribution in [0.4, 0.5) is 0 Å². The first-order chi connectivity index (χ1) is 9.11. The Labute approximate surface area is 110 Å². The number of amides is 1. The molecule has 2 heterocycles. The summed E-state index contributed by atoms with van der Waals surface area (Å²) in [4.78, 5) is 23.2. The van der Waals surface area contributed by atoms with E-state index in [4.69, 9.17) is 0 Å². The van der Waals surface area contributed by atoms with Crippen molar-refractivity contribution >= 4 is 5.91 Å². The summed E-state index contributed by atoms with van der Waals surface area (Å²) in [6, 6.07) is 2.77. The molecule has 0 saturated heterocycles. The van der Waals surface area contributed by atoms with E-state index in [1.54, 1.807) is 12.3 Å². The van der Waals surface area contributed by atoms with Crippen molar-refractivity contribution < 1.29 is 9.90 Å². The predicted molar refractivity (Wildman–Crippen MR) is 69.7 cm³/mol. The van der Waals surface area contributed by atoms with E-state index in [1.807, 2.05) is 13.8 Å². The normalized spacial score (nSPS) is 12.1. The summed E-state index contributed by atoms with van der Waals surface area (Å²) in [6.07, 6.45) is 3.86. The van der Waals surface area contributed by atoms with Crippen LogP contribution < -0.4 is 5.32 Å². The number of hydrogen-bond acceptors (Lipinski definition) is 4. The van der Waals surface area contributed by atoms with E-state index in [-0.39, 0.29) is 17.5 Å². The Morgan fingerprint density at radius 3 is 2.89 bits per heavy atom. The van der Waals surface area contributed by atoms with Crippen LogP contribution in [0.15, 0.2) is 24.5 Å². The highest BCUT2D eigenvalue weighted by molar-refractivity contribution is 5.94. The first kappa shape index (κ1) is 13.1. The van der Waals surface area contributed by atoms with E-state index in [1.165, 1.54) is 12.3 Å². The number of nitrogens with zero attached hydrogens (tertiary/aromatic N) is 2. The van der Waals surface area contributed by atoms with Gasteiger partial charge in [0.05, 0.1) is 6.04 Å². The first-order valence-corrected chi connectivity index (χ1v) is 6.08. The van der Waals surface area contributed by atoms with Crippen molar-refractivity contribution in [3.63, 3.8) is 0 Å². The van der Waals surface area contributed by atoms with Gasteiger partial charge in [0.1, 0.15) is 11.6 Å². The van der Waals surface area contributed by atoms with Gasteiger partial charge in [0.25, 0.3) is 5.91 Å². The van der Waals surface area contributed by atoms with Gasteiger partial charge in [-0.25, -0.2) is 9.97 Å². The second-order valence-electron chi connectivity index (χ2n) is 4.26. The average molecular weight is 260 g/mol. The van der Waals surface area contributed by atoms with Crippen molar-refractivity contribution in [1.29, 1.82) is 0 Å². The molecule has 0 spiro atoms. The van der Waals surface area contributed by atoms with E-state index in [0.29, 0.717) is 12.2 Å². The Morgan fingerprint density at radius 2 is 2.32 bits per heavy atom. The molecule has 100 valence electrons. The van der Waals surface area contributed by atoms with Gasteiger partial charge < -0.3 is 15.4 Å². The SMILES string of the molecule is CC[C@H](NC(=O)c1ncccc1O)c1ncc(C)[nH]1. The van der Waals surface area contributed by atoms with Crippen LogP contribution >= 0.6 is 0 Å². The topological polar surface area (TPSA) is 90.9 Å². The van der Waals surface area contributed by atoms with E-state index in [9.17, 15) is 9.90 Å². The largest absolute Gasteiger partial charge is 0.505 e. The first-order valence-electron chi connectivity index (χ1n) is 6.08. The Hall–Kier alpha value is -2.37. The summed E-state index contributed by atoms with van der Waals surface area (Å²) < 4.78 is 0. The third-order valence-corrected chi connectivity index (χ3v) is 2.77. The predicted octanol–water partition coefficient (Wildman–Crippen LogP) is 1.70. The lowest BCUT2D eigenvalue weighted by atomic mass is 10.2. The number of aryl methyl sites for hydroxylation is 1. The molecule has 0 saturated carbocycles. The number of aromatic amines is 1. The molecule has 1 amide bonds. The van der Waals surface area contributed by atoms with E-state index < -0.39 is 5.91 Å². The number of H-pyrrole nitrogens is 1. The van der Waals surface area contributed by atoms with Crippen molar-refractivity contribution in [2.45, 2.75) is 26.3 Å². The lowest BCUT2D eigenvalue weighted by Crippen LogP contribution is -2.29. The molecule has 1 atom stereocenters. The molecule has 0 fully saturated rings. The van der Waals surface area contributed by atoms with Crippen LogP contribution in [-0.4, -0.2) is 26.0 Å². The lowest BCUT2D eigenvalue weighted by molar-refractivity contribution is 0.0926. The van der Waals surface area contributed by atoms with Crippen LogP contribution in [0, 0.1) is 6.92 Å². The van der Waals surface area contributed by atoms with Crippen LogP contribution in [0.3, 0.4) is 0 Å². The van der Waals surface area contributed by atoms with Crippen molar-refractivity contribution in [3.05, 3.63) is 41.7 Å². The van der Waals surface area contributed by atoms with Gasteiger partial charge in [-0.3, -0.25) is 4.79 Å². The number of imidazole rings is 1. The maximum Gasteiger partial charge on any atom is 0.274 e. The minimum atomic E-state index is -0.418. The molecule has 3 N–H and O–H groups in total. The third-order valence-electron chi connectivity index (χ3n) is 2.77. The molecule has 0 bridgehead atoms. The average Bonchev–Trinajstić information content (AvgIpc) is 2.82.